The molecule has 0 amide bonds. The van der Waals surface area contributed by atoms with Gasteiger partial charge in [0.2, 0.25) is 0 Å². The van der Waals surface area contributed by atoms with E-state index >= 15 is 0 Å². The predicted molar refractivity (Wildman–Crippen MR) is 69.1 cm³/mol. The van der Waals surface area contributed by atoms with Gasteiger partial charge in [0.1, 0.15) is 6.61 Å². The van der Waals surface area contributed by atoms with E-state index in [1.165, 1.54) is 19.3 Å². The van der Waals surface area contributed by atoms with E-state index in [0.717, 1.165) is 24.8 Å². The first kappa shape index (κ1) is 16.2. The molecule has 0 aromatic carbocycles. The number of likely N-dealkylation sites (tertiary alicyclic amines) is 1. The molecule has 1 unspecified atom stereocenters. The first-order valence-corrected chi connectivity index (χ1v) is 7.59. The molecule has 18 heavy (non-hydrogen) atoms. The minimum atomic E-state index is -4.20. The van der Waals surface area contributed by atoms with Crippen LogP contribution in [-0.4, -0.2) is 48.8 Å². The third-order valence-corrected chi connectivity index (χ3v) is 3.73. The minimum absolute atomic E-state index is 0.196. The van der Waals surface area contributed by atoms with Crippen molar-refractivity contribution >= 4 is 15.9 Å². The van der Waals surface area contributed by atoms with Gasteiger partial charge in [-0.25, -0.2) is 0 Å². The number of ether oxygens (including phenoxy) is 1. The van der Waals surface area contributed by atoms with E-state index in [-0.39, 0.29) is 6.61 Å². The van der Waals surface area contributed by atoms with Crippen molar-refractivity contribution in [2.24, 2.45) is 0 Å². The summed E-state index contributed by atoms with van der Waals surface area (Å²) in [5.41, 5.74) is 0. The van der Waals surface area contributed by atoms with Gasteiger partial charge in [0.15, 0.2) is 0 Å². The Morgan fingerprint density at radius 2 is 2.06 bits per heavy atom. The Kier molecular flexibility index (Phi) is 7.56. The average molecular weight is 332 g/mol. The lowest BCUT2D eigenvalue weighted by Gasteiger charge is -2.24. The first-order chi connectivity index (χ1) is 8.53. The van der Waals surface area contributed by atoms with Gasteiger partial charge in [0, 0.05) is 24.5 Å². The van der Waals surface area contributed by atoms with Gasteiger partial charge in [-0.15, -0.1) is 0 Å². The molecule has 1 fully saturated rings. The molecule has 108 valence electrons. The summed E-state index contributed by atoms with van der Waals surface area (Å²) in [6, 6.07) is 0.616. The smallest absolute Gasteiger partial charge is 0.372 e. The highest BCUT2D eigenvalue weighted by Gasteiger charge is 2.27. The molecule has 1 rings (SSSR count). The van der Waals surface area contributed by atoms with Gasteiger partial charge in [0.05, 0.1) is 0 Å². The van der Waals surface area contributed by atoms with Gasteiger partial charge in [-0.05, 0) is 38.6 Å². The molecule has 0 aromatic rings. The van der Waals surface area contributed by atoms with Gasteiger partial charge in [-0.1, -0.05) is 15.9 Å². The highest BCUT2D eigenvalue weighted by molar-refractivity contribution is 9.09. The van der Waals surface area contributed by atoms with Crippen molar-refractivity contribution in [2.45, 2.75) is 44.3 Å². The Bertz CT molecular complexity index is 226. The van der Waals surface area contributed by atoms with Crippen LogP contribution in [-0.2, 0) is 4.74 Å². The van der Waals surface area contributed by atoms with E-state index in [9.17, 15) is 13.2 Å². The van der Waals surface area contributed by atoms with Crippen LogP contribution in [0, 0.1) is 0 Å². The maximum atomic E-state index is 11.8. The SMILES string of the molecule is FC(F)(F)COCCCN1CCCC1CCCBr. The van der Waals surface area contributed by atoms with Crippen molar-refractivity contribution in [1.29, 1.82) is 0 Å². The summed E-state index contributed by atoms with van der Waals surface area (Å²) in [4.78, 5) is 2.39. The van der Waals surface area contributed by atoms with Gasteiger partial charge in [-0.2, -0.15) is 13.2 Å². The second-order valence-electron chi connectivity index (χ2n) is 4.68. The molecular formula is C12H21BrF3NO. The fourth-order valence-corrected chi connectivity index (χ4v) is 2.71. The quantitative estimate of drug-likeness (QED) is 0.497. The fourth-order valence-electron chi connectivity index (χ4n) is 2.39. The standard InChI is InChI=1S/C12H21BrF3NO/c13-6-1-4-11-5-2-7-17(11)8-3-9-18-10-12(14,15)16/h11H,1-10H2. The van der Waals surface area contributed by atoms with Crippen LogP contribution in [0.5, 0.6) is 0 Å². The lowest BCUT2D eigenvalue weighted by molar-refractivity contribution is -0.174. The van der Waals surface area contributed by atoms with Crippen LogP contribution in [0.1, 0.15) is 32.1 Å². The molecule has 1 aliphatic heterocycles. The number of nitrogens with zero attached hydrogens (tertiary/aromatic N) is 1. The molecule has 0 saturated carbocycles. The monoisotopic (exact) mass is 331 g/mol. The third-order valence-electron chi connectivity index (χ3n) is 3.17. The summed E-state index contributed by atoms with van der Waals surface area (Å²) >= 11 is 3.42. The Balaban J connectivity index is 2.07. The molecule has 1 aliphatic rings. The molecule has 0 spiro atoms. The number of halogens is 4. The number of alkyl halides is 4. The van der Waals surface area contributed by atoms with Crippen molar-refractivity contribution < 1.29 is 17.9 Å². The second kappa shape index (κ2) is 8.38. The molecule has 1 saturated heterocycles. The largest absolute Gasteiger partial charge is 0.411 e. The summed E-state index contributed by atoms with van der Waals surface area (Å²) in [6.07, 6.45) is 1.24. The Hall–Kier alpha value is 0.190. The Labute approximate surface area is 115 Å². The zero-order valence-electron chi connectivity index (χ0n) is 10.5. The topological polar surface area (TPSA) is 12.5 Å². The summed E-state index contributed by atoms with van der Waals surface area (Å²) in [7, 11) is 0. The van der Waals surface area contributed by atoms with Crippen LogP contribution in [0.3, 0.4) is 0 Å². The summed E-state index contributed by atoms with van der Waals surface area (Å²) < 4.78 is 40.2. The lowest BCUT2D eigenvalue weighted by Crippen LogP contribution is -2.31. The molecule has 0 bridgehead atoms. The molecule has 2 nitrogen and oxygen atoms in total. The van der Waals surface area contributed by atoms with Gasteiger partial charge < -0.3 is 9.64 Å². The van der Waals surface area contributed by atoms with Crippen LogP contribution in [0.25, 0.3) is 0 Å². The average Bonchev–Trinajstić information content (AvgIpc) is 2.72. The first-order valence-electron chi connectivity index (χ1n) is 6.47. The van der Waals surface area contributed by atoms with Crippen molar-refractivity contribution in [2.75, 3.05) is 31.6 Å². The summed E-state index contributed by atoms with van der Waals surface area (Å²) in [5.74, 6) is 0. The Morgan fingerprint density at radius 1 is 1.28 bits per heavy atom. The molecular weight excluding hydrogens is 311 g/mol. The number of hydrogen-bond donors (Lipinski definition) is 0. The maximum Gasteiger partial charge on any atom is 0.411 e. The highest BCUT2D eigenvalue weighted by atomic mass is 79.9. The van der Waals surface area contributed by atoms with Crippen molar-refractivity contribution in [3.63, 3.8) is 0 Å². The molecule has 6 heteroatoms. The van der Waals surface area contributed by atoms with Crippen molar-refractivity contribution in [1.82, 2.24) is 4.90 Å². The zero-order chi connectivity index (χ0) is 13.4. The van der Waals surface area contributed by atoms with Gasteiger partial charge >= 0.3 is 6.18 Å². The van der Waals surface area contributed by atoms with E-state index in [4.69, 9.17) is 0 Å². The van der Waals surface area contributed by atoms with Gasteiger partial charge in [-0.3, -0.25) is 0 Å². The van der Waals surface area contributed by atoms with Crippen LogP contribution >= 0.6 is 15.9 Å². The molecule has 1 heterocycles. The van der Waals surface area contributed by atoms with Crippen LogP contribution in [0.2, 0.25) is 0 Å². The minimum Gasteiger partial charge on any atom is -0.372 e. The highest BCUT2D eigenvalue weighted by Crippen LogP contribution is 2.22. The molecule has 0 aliphatic carbocycles. The van der Waals surface area contributed by atoms with Crippen molar-refractivity contribution in [3.8, 4) is 0 Å². The summed E-state index contributed by atoms with van der Waals surface area (Å²) in [6.45, 7) is 0.998. The zero-order valence-corrected chi connectivity index (χ0v) is 12.1. The van der Waals surface area contributed by atoms with E-state index in [1.54, 1.807) is 0 Å². The van der Waals surface area contributed by atoms with Gasteiger partial charge in [0.25, 0.3) is 0 Å². The van der Waals surface area contributed by atoms with E-state index in [0.29, 0.717) is 12.5 Å². The lowest BCUT2D eigenvalue weighted by atomic mass is 10.1. The maximum absolute atomic E-state index is 11.8. The van der Waals surface area contributed by atoms with Crippen LogP contribution in [0.15, 0.2) is 0 Å². The molecule has 0 radical (unpaired) electrons. The Morgan fingerprint density at radius 3 is 2.72 bits per heavy atom. The van der Waals surface area contributed by atoms with E-state index in [2.05, 4.69) is 25.6 Å². The molecule has 0 N–H and O–H groups in total. The number of rotatable bonds is 8. The fraction of sp³-hybridized carbons (Fsp3) is 1.00. The molecule has 0 aromatic heterocycles. The number of hydrogen-bond acceptors (Lipinski definition) is 2. The predicted octanol–water partition coefficient (Wildman–Crippen LogP) is 3.59. The second-order valence-corrected chi connectivity index (χ2v) is 5.48. The van der Waals surface area contributed by atoms with Crippen molar-refractivity contribution in [3.05, 3.63) is 0 Å². The molecule has 1 atom stereocenters. The summed E-state index contributed by atoms with van der Waals surface area (Å²) in [5, 5.41) is 1.02. The normalized spacial score (nSPS) is 21.7. The third kappa shape index (κ3) is 6.95. The van der Waals surface area contributed by atoms with Crippen LogP contribution < -0.4 is 0 Å². The van der Waals surface area contributed by atoms with Crippen LogP contribution in [0.4, 0.5) is 13.2 Å². The van der Waals surface area contributed by atoms with E-state index < -0.39 is 12.8 Å². The van der Waals surface area contributed by atoms with E-state index in [1.807, 2.05) is 0 Å².